The van der Waals surface area contributed by atoms with Crippen LogP contribution in [0.1, 0.15) is 26.3 Å². The highest BCUT2D eigenvalue weighted by molar-refractivity contribution is 5.78. The molecule has 0 amide bonds. The number of nitrogens with zero attached hydrogens (tertiary/aromatic N) is 1. The maximum Gasteiger partial charge on any atom is 0.0704 e. The van der Waals surface area contributed by atoms with Crippen LogP contribution in [0.4, 0.5) is 0 Å². The normalized spacial score (nSPS) is 9.93. The van der Waals surface area contributed by atoms with Crippen LogP contribution in [0.3, 0.4) is 0 Å². The summed E-state index contributed by atoms with van der Waals surface area (Å²) in [4.78, 5) is 4.24. The summed E-state index contributed by atoms with van der Waals surface area (Å²) in [6.45, 7) is 8.58. The van der Waals surface area contributed by atoms with Gasteiger partial charge in [0.1, 0.15) is 0 Å². The molecule has 0 aliphatic rings. The first-order chi connectivity index (χ1) is 7.09. The van der Waals surface area contributed by atoms with E-state index in [4.69, 9.17) is 0 Å². The third-order valence-corrected chi connectivity index (χ3v) is 1.76. The lowest BCUT2D eigenvalue weighted by Crippen LogP contribution is -1.77. The van der Waals surface area contributed by atoms with E-state index in [2.05, 4.69) is 56.9 Å². The van der Waals surface area contributed by atoms with E-state index in [9.17, 15) is 0 Å². The molecule has 0 N–H and O–H groups in total. The minimum atomic E-state index is 0.833. The number of fused-ring (bicyclic) bond motifs is 1. The molecule has 0 saturated heterocycles. The molecule has 1 heterocycles. The molecule has 0 aliphatic heterocycles. The molecule has 1 aromatic carbocycles. The van der Waals surface area contributed by atoms with Crippen molar-refractivity contribution in [1.82, 2.24) is 4.98 Å². The Morgan fingerprint density at radius 1 is 1.07 bits per heavy atom. The van der Waals surface area contributed by atoms with Gasteiger partial charge in [-0.25, -0.2) is 0 Å². The smallest absolute Gasteiger partial charge is 0.0704 e. The fourth-order valence-electron chi connectivity index (χ4n) is 1.18. The summed E-state index contributed by atoms with van der Waals surface area (Å²) in [7, 11) is 0. The molecule has 1 heteroatoms. The predicted octanol–water partition coefficient (Wildman–Crippen LogP) is 4.21. The van der Waals surface area contributed by atoms with E-state index in [-0.39, 0.29) is 0 Å². The topological polar surface area (TPSA) is 12.9 Å². The van der Waals surface area contributed by atoms with E-state index in [0.717, 1.165) is 11.4 Å². The van der Waals surface area contributed by atoms with Crippen molar-refractivity contribution < 1.29 is 0 Å². The monoisotopic (exact) mass is 201 g/mol. The summed E-state index contributed by atoms with van der Waals surface area (Å²) in [5, 5.41) is 1.21. The molecule has 0 unspecified atom stereocenters. The highest BCUT2D eigenvalue weighted by Crippen LogP contribution is 2.11. The Morgan fingerprint density at radius 3 is 2.40 bits per heavy atom. The lowest BCUT2D eigenvalue weighted by Gasteiger charge is -1.95. The van der Waals surface area contributed by atoms with Crippen molar-refractivity contribution in [3.8, 4) is 0 Å². The van der Waals surface area contributed by atoms with Gasteiger partial charge < -0.3 is 0 Å². The zero-order valence-corrected chi connectivity index (χ0v) is 9.99. The highest BCUT2D eigenvalue weighted by Gasteiger charge is 1.90. The van der Waals surface area contributed by atoms with Crippen LogP contribution in [0.2, 0.25) is 0 Å². The largest absolute Gasteiger partial charge is 0.256 e. The fourth-order valence-corrected chi connectivity index (χ4v) is 1.18. The van der Waals surface area contributed by atoms with Gasteiger partial charge in [-0.05, 0) is 30.5 Å². The van der Waals surface area contributed by atoms with E-state index < -0.39 is 0 Å². The number of hydrogen-bond acceptors (Lipinski definition) is 1. The zero-order chi connectivity index (χ0) is 11.3. The summed E-state index contributed by atoms with van der Waals surface area (Å²) in [5.41, 5.74) is 2.34. The highest BCUT2D eigenvalue weighted by atomic mass is 14.6. The Morgan fingerprint density at radius 2 is 1.73 bits per heavy atom. The molecule has 2 aromatic rings. The number of pyridine rings is 1. The zero-order valence-electron chi connectivity index (χ0n) is 9.99. The van der Waals surface area contributed by atoms with Crippen molar-refractivity contribution in [2.24, 2.45) is 5.92 Å². The number of benzene rings is 1. The molecule has 80 valence electrons. The Bertz CT molecular complexity index is 416. The summed E-state index contributed by atoms with van der Waals surface area (Å²) >= 11 is 0. The third kappa shape index (κ3) is 4.11. The first-order valence-corrected chi connectivity index (χ1v) is 5.41. The van der Waals surface area contributed by atoms with E-state index >= 15 is 0 Å². The Balaban J connectivity index is 0.000000245. The van der Waals surface area contributed by atoms with Crippen molar-refractivity contribution in [1.29, 1.82) is 0 Å². The van der Waals surface area contributed by atoms with Gasteiger partial charge in [-0.15, -0.1) is 0 Å². The molecule has 1 aromatic heterocycles. The van der Waals surface area contributed by atoms with Crippen molar-refractivity contribution in [2.75, 3.05) is 0 Å². The second kappa shape index (κ2) is 5.50. The van der Waals surface area contributed by atoms with E-state index in [1.54, 1.807) is 0 Å². The van der Waals surface area contributed by atoms with Crippen LogP contribution in [0.5, 0.6) is 0 Å². The lowest BCUT2D eigenvalue weighted by molar-refractivity contribution is 0.737. The number of aryl methyl sites for hydroxylation is 1. The Labute approximate surface area is 92.2 Å². The number of rotatable bonds is 0. The van der Waals surface area contributed by atoms with Crippen molar-refractivity contribution in [3.63, 3.8) is 0 Å². The molecule has 1 nitrogen and oxygen atoms in total. The average molecular weight is 201 g/mol. The standard InChI is InChI=1S/C10H9N.C4H10/c1-8-4-5-9-3-2-6-11-10(9)7-8;1-4(2)3/h2-7H,1H3;4H,1-3H3. The minimum absolute atomic E-state index is 0.833. The van der Waals surface area contributed by atoms with Gasteiger partial charge in [0, 0.05) is 11.6 Å². The Kier molecular flexibility index (Phi) is 4.29. The van der Waals surface area contributed by atoms with Crippen LogP contribution in [0.25, 0.3) is 10.9 Å². The summed E-state index contributed by atoms with van der Waals surface area (Å²) in [6, 6.07) is 10.3. The lowest BCUT2D eigenvalue weighted by atomic mass is 10.1. The molecule has 0 bridgehead atoms. The van der Waals surface area contributed by atoms with Gasteiger partial charge >= 0.3 is 0 Å². The molecular formula is C14H19N. The van der Waals surface area contributed by atoms with Crippen molar-refractivity contribution in [3.05, 3.63) is 42.1 Å². The number of aromatic nitrogens is 1. The SMILES string of the molecule is CC(C)C.Cc1ccc2cccnc2c1. The van der Waals surface area contributed by atoms with E-state index in [1.807, 2.05) is 12.3 Å². The molecule has 0 fully saturated rings. The van der Waals surface area contributed by atoms with E-state index in [1.165, 1.54) is 10.9 Å². The number of hydrogen-bond donors (Lipinski definition) is 0. The summed E-state index contributed by atoms with van der Waals surface area (Å²) < 4.78 is 0. The fraction of sp³-hybridized carbons (Fsp3) is 0.357. The molecule has 2 rings (SSSR count). The molecule has 0 atom stereocenters. The van der Waals surface area contributed by atoms with Crippen molar-refractivity contribution in [2.45, 2.75) is 27.7 Å². The van der Waals surface area contributed by atoms with Gasteiger partial charge in [-0.2, -0.15) is 0 Å². The van der Waals surface area contributed by atoms with Crippen LogP contribution in [0.15, 0.2) is 36.5 Å². The molecule has 0 saturated carbocycles. The Hall–Kier alpha value is -1.37. The maximum absolute atomic E-state index is 4.24. The second-order valence-electron chi connectivity index (χ2n) is 4.43. The van der Waals surface area contributed by atoms with Gasteiger partial charge in [-0.1, -0.05) is 39.0 Å². The summed E-state index contributed by atoms with van der Waals surface area (Å²) in [5.74, 6) is 0.833. The minimum Gasteiger partial charge on any atom is -0.256 e. The van der Waals surface area contributed by atoms with E-state index in [0.29, 0.717) is 0 Å². The quantitative estimate of drug-likeness (QED) is 0.622. The van der Waals surface area contributed by atoms with Gasteiger partial charge in [-0.3, -0.25) is 4.98 Å². The van der Waals surface area contributed by atoms with Crippen LogP contribution in [-0.2, 0) is 0 Å². The molecular weight excluding hydrogens is 182 g/mol. The second-order valence-corrected chi connectivity index (χ2v) is 4.43. The molecule has 0 radical (unpaired) electrons. The molecule has 15 heavy (non-hydrogen) atoms. The third-order valence-electron chi connectivity index (χ3n) is 1.76. The predicted molar refractivity (Wildman–Crippen MR) is 67.0 cm³/mol. The van der Waals surface area contributed by atoms with Crippen molar-refractivity contribution >= 4 is 10.9 Å². The van der Waals surface area contributed by atoms with Gasteiger partial charge in [0.15, 0.2) is 0 Å². The molecule has 0 spiro atoms. The van der Waals surface area contributed by atoms with Crippen LogP contribution >= 0.6 is 0 Å². The van der Waals surface area contributed by atoms with Gasteiger partial charge in [0.2, 0.25) is 0 Å². The molecule has 0 aliphatic carbocycles. The van der Waals surface area contributed by atoms with Crippen LogP contribution in [0, 0.1) is 12.8 Å². The van der Waals surface area contributed by atoms with Gasteiger partial charge in [0.05, 0.1) is 5.52 Å². The van der Waals surface area contributed by atoms with Crippen LogP contribution in [-0.4, -0.2) is 4.98 Å². The van der Waals surface area contributed by atoms with Crippen LogP contribution < -0.4 is 0 Å². The first kappa shape index (κ1) is 11.7. The van der Waals surface area contributed by atoms with Gasteiger partial charge in [0.25, 0.3) is 0 Å². The summed E-state index contributed by atoms with van der Waals surface area (Å²) in [6.07, 6.45) is 1.82. The first-order valence-electron chi connectivity index (χ1n) is 5.41. The maximum atomic E-state index is 4.24. The average Bonchev–Trinajstić information content (AvgIpc) is 2.16.